The van der Waals surface area contributed by atoms with Crippen LogP contribution in [0.2, 0.25) is 0 Å². The number of nitrogens with two attached hydrogens (primary N) is 1. The summed E-state index contributed by atoms with van der Waals surface area (Å²) in [6, 6.07) is 2.62. The van der Waals surface area contributed by atoms with Crippen molar-refractivity contribution in [1.29, 1.82) is 0 Å². The first-order valence-corrected chi connectivity index (χ1v) is 7.14. The lowest BCUT2D eigenvalue weighted by atomic mass is 10.00. The van der Waals surface area contributed by atoms with Crippen molar-refractivity contribution in [2.24, 2.45) is 11.7 Å². The average Bonchev–Trinajstić information content (AvgIpc) is 2.64. The Bertz CT molecular complexity index is 287. The fourth-order valence-corrected chi connectivity index (χ4v) is 4.44. The summed E-state index contributed by atoms with van der Waals surface area (Å²) in [5, 5.41) is 2.14. The van der Waals surface area contributed by atoms with Gasteiger partial charge in [0.25, 0.3) is 0 Å². The van der Waals surface area contributed by atoms with Crippen LogP contribution in [0.25, 0.3) is 0 Å². The maximum absolute atomic E-state index is 6.01. The predicted octanol–water partition coefficient (Wildman–Crippen LogP) is 2.74. The molecule has 1 saturated heterocycles. The minimum Gasteiger partial charge on any atom is -0.327 e. The zero-order valence-electron chi connectivity index (χ0n) is 7.20. The first-order valence-electron chi connectivity index (χ1n) is 4.32. The standard InChI is InChI=1S/C9H12BrNS2/c10-7-2-8(13-4-7)1-6-3-12-5-9(6)11/h2,4,6,9H,1,3,5,11H2. The first kappa shape index (κ1) is 10.0. The Morgan fingerprint density at radius 2 is 2.38 bits per heavy atom. The van der Waals surface area contributed by atoms with E-state index in [2.05, 4.69) is 27.4 Å². The van der Waals surface area contributed by atoms with Gasteiger partial charge >= 0.3 is 0 Å². The summed E-state index contributed by atoms with van der Waals surface area (Å²) in [6.07, 6.45) is 1.16. The van der Waals surface area contributed by atoms with Gasteiger partial charge < -0.3 is 5.73 Å². The van der Waals surface area contributed by atoms with E-state index in [-0.39, 0.29) is 0 Å². The van der Waals surface area contributed by atoms with Gasteiger partial charge in [-0.25, -0.2) is 0 Å². The molecule has 0 aliphatic carbocycles. The molecule has 0 spiro atoms. The molecule has 1 aliphatic heterocycles. The maximum atomic E-state index is 6.01. The summed E-state index contributed by atoms with van der Waals surface area (Å²) in [6.45, 7) is 0. The molecule has 2 N–H and O–H groups in total. The van der Waals surface area contributed by atoms with Crippen LogP contribution in [-0.2, 0) is 6.42 Å². The van der Waals surface area contributed by atoms with Crippen molar-refractivity contribution in [3.63, 3.8) is 0 Å². The number of thioether (sulfide) groups is 1. The summed E-state index contributed by atoms with van der Waals surface area (Å²) in [5.41, 5.74) is 6.01. The Morgan fingerprint density at radius 1 is 1.54 bits per heavy atom. The van der Waals surface area contributed by atoms with Crippen molar-refractivity contribution in [3.05, 3.63) is 20.8 Å². The number of hydrogen-bond donors (Lipinski definition) is 1. The molecule has 1 aromatic heterocycles. The molecule has 13 heavy (non-hydrogen) atoms. The first-order chi connectivity index (χ1) is 6.25. The van der Waals surface area contributed by atoms with Crippen molar-refractivity contribution < 1.29 is 0 Å². The number of hydrogen-bond acceptors (Lipinski definition) is 3. The third-order valence-electron chi connectivity index (χ3n) is 2.33. The average molecular weight is 278 g/mol. The lowest BCUT2D eigenvalue weighted by Crippen LogP contribution is -2.29. The molecule has 4 heteroatoms. The highest BCUT2D eigenvalue weighted by molar-refractivity contribution is 9.10. The summed E-state index contributed by atoms with van der Waals surface area (Å²) in [4.78, 5) is 1.45. The molecule has 2 unspecified atom stereocenters. The van der Waals surface area contributed by atoms with Gasteiger partial charge in [0.2, 0.25) is 0 Å². The van der Waals surface area contributed by atoms with E-state index in [0.717, 1.165) is 12.2 Å². The van der Waals surface area contributed by atoms with E-state index in [9.17, 15) is 0 Å². The molecule has 72 valence electrons. The van der Waals surface area contributed by atoms with E-state index >= 15 is 0 Å². The van der Waals surface area contributed by atoms with Crippen LogP contribution in [0.4, 0.5) is 0 Å². The number of thiophene rings is 1. The Morgan fingerprint density at radius 3 is 2.92 bits per heavy atom. The van der Waals surface area contributed by atoms with E-state index in [0.29, 0.717) is 12.0 Å². The van der Waals surface area contributed by atoms with Crippen molar-refractivity contribution >= 4 is 39.0 Å². The Labute approximate surface area is 95.2 Å². The summed E-state index contributed by atoms with van der Waals surface area (Å²) < 4.78 is 1.20. The molecule has 2 rings (SSSR count). The van der Waals surface area contributed by atoms with Crippen LogP contribution in [0.3, 0.4) is 0 Å². The molecular weight excluding hydrogens is 266 g/mol. The van der Waals surface area contributed by atoms with E-state index in [4.69, 9.17) is 5.73 Å². The van der Waals surface area contributed by atoms with Crippen molar-refractivity contribution in [3.8, 4) is 0 Å². The molecule has 1 nitrogen and oxygen atoms in total. The highest BCUT2D eigenvalue weighted by Crippen LogP contribution is 2.29. The molecule has 2 atom stereocenters. The van der Waals surface area contributed by atoms with Crippen molar-refractivity contribution in [2.45, 2.75) is 12.5 Å². The van der Waals surface area contributed by atoms with Gasteiger partial charge in [0.15, 0.2) is 0 Å². The Hall–Kier alpha value is 0.490. The fourth-order valence-electron chi connectivity index (χ4n) is 1.54. The second-order valence-corrected chi connectivity index (χ2v) is 6.38. The highest BCUT2D eigenvalue weighted by atomic mass is 79.9. The van der Waals surface area contributed by atoms with Gasteiger partial charge in [-0.1, -0.05) is 0 Å². The van der Waals surface area contributed by atoms with Crippen LogP contribution in [-0.4, -0.2) is 17.5 Å². The molecule has 0 radical (unpaired) electrons. The quantitative estimate of drug-likeness (QED) is 0.900. The lowest BCUT2D eigenvalue weighted by molar-refractivity contribution is 0.519. The smallest absolute Gasteiger partial charge is 0.0285 e. The highest BCUT2D eigenvalue weighted by Gasteiger charge is 2.24. The van der Waals surface area contributed by atoms with Crippen LogP contribution < -0.4 is 5.73 Å². The molecule has 0 amide bonds. The maximum Gasteiger partial charge on any atom is 0.0285 e. The molecule has 2 heterocycles. The minimum absolute atomic E-state index is 0.408. The topological polar surface area (TPSA) is 26.0 Å². The molecule has 1 aliphatic rings. The molecule has 1 fully saturated rings. The Balaban J connectivity index is 1.97. The summed E-state index contributed by atoms with van der Waals surface area (Å²) in [7, 11) is 0. The van der Waals surface area contributed by atoms with Gasteiger partial charge in [0.1, 0.15) is 0 Å². The van der Waals surface area contributed by atoms with Gasteiger partial charge in [-0.3, -0.25) is 0 Å². The zero-order chi connectivity index (χ0) is 9.26. The minimum atomic E-state index is 0.408. The van der Waals surface area contributed by atoms with Crippen LogP contribution in [0.15, 0.2) is 15.9 Å². The molecule has 1 aromatic rings. The zero-order valence-corrected chi connectivity index (χ0v) is 10.4. The molecule has 0 saturated carbocycles. The number of rotatable bonds is 2. The van der Waals surface area contributed by atoms with Crippen molar-refractivity contribution in [2.75, 3.05) is 11.5 Å². The largest absolute Gasteiger partial charge is 0.327 e. The normalized spacial score (nSPS) is 28.2. The van der Waals surface area contributed by atoms with Crippen LogP contribution in [0.1, 0.15) is 4.88 Å². The Kier molecular flexibility index (Phi) is 3.35. The second kappa shape index (κ2) is 4.34. The molecule has 0 aromatic carbocycles. The predicted molar refractivity (Wildman–Crippen MR) is 64.5 cm³/mol. The van der Waals surface area contributed by atoms with Gasteiger partial charge in [-0.2, -0.15) is 11.8 Å². The van der Waals surface area contributed by atoms with Crippen LogP contribution >= 0.6 is 39.0 Å². The van der Waals surface area contributed by atoms with E-state index < -0.39 is 0 Å². The number of halogens is 1. The SMILES string of the molecule is NC1CSCC1Cc1cc(Br)cs1. The molecule has 0 bridgehead atoms. The van der Waals surface area contributed by atoms with Gasteiger partial charge in [-0.15, -0.1) is 11.3 Å². The van der Waals surface area contributed by atoms with Crippen LogP contribution in [0, 0.1) is 5.92 Å². The van der Waals surface area contributed by atoms with Gasteiger partial charge in [0, 0.05) is 26.5 Å². The summed E-state index contributed by atoms with van der Waals surface area (Å²) in [5.74, 6) is 3.06. The van der Waals surface area contributed by atoms with Crippen molar-refractivity contribution in [1.82, 2.24) is 0 Å². The molecular formula is C9H12BrNS2. The second-order valence-electron chi connectivity index (χ2n) is 3.40. The van der Waals surface area contributed by atoms with E-state index in [1.807, 2.05) is 23.1 Å². The fraction of sp³-hybridized carbons (Fsp3) is 0.556. The lowest BCUT2D eigenvalue weighted by Gasteiger charge is -2.12. The summed E-state index contributed by atoms with van der Waals surface area (Å²) >= 11 is 7.28. The van der Waals surface area contributed by atoms with Gasteiger partial charge in [-0.05, 0) is 40.1 Å². The monoisotopic (exact) mass is 277 g/mol. The van der Waals surface area contributed by atoms with Crippen LogP contribution in [0.5, 0.6) is 0 Å². The third-order valence-corrected chi connectivity index (χ3v) is 5.34. The third kappa shape index (κ3) is 2.49. The van der Waals surface area contributed by atoms with E-state index in [1.165, 1.54) is 15.1 Å². The van der Waals surface area contributed by atoms with Gasteiger partial charge in [0.05, 0.1) is 0 Å². The van der Waals surface area contributed by atoms with E-state index in [1.54, 1.807) is 0 Å².